The average molecular weight is 287 g/mol. The topological polar surface area (TPSA) is 68.0 Å². The molecule has 20 heavy (non-hydrogen) atoms. The Bertz CT molecular complexity index is 623. The highest BCUT2D eigenvalue weighted by Crippen LogP contribution is 2.29. The molecule has 3 rings (SSSR count). The van der Waals surface area contributed by atoms with Crippen molar-refractivity contribution in [3.05, 3.63) is 51.5 Å². The lowest BCUT2D eigenvalue weighted by Gasteiger charge is -2.26. The fourth-order valence-corrected chi connectivity index (χ4v) is 3.30. The van der Waals surface area contributed by atoms with E-state index in [0.717, 1.165) is 24.3 Å². The Balaban J connectivity index is 1.77. The molecule has 1 heterocycles. The lowest BCUT2D eigenvalue weighted by molar-refractivity contribution is 0.0928. The molecule has 0 saturated carbocycles. The molecule has 104 valence electrons. The number of nitrogens with one attached hydrogen (secondary N) is 1. The minimum absolute atomic E-state index is 0.0930. The summed E-state index contributed by atoms with van der Waals surface area (Å²) in [6.45, 7) is 0.379. The Labute approximate surface area is 122 Å². The van der Waals surface area contributed by atoms with Gasteiger partial charge in [0, 0.05) is 11.9 Å². The van der Waals surface area contributed by atoms with Gasteiger partial charge in [-0.25, -0.2) is 4.98 Å². The third-order valence-corrected chi connectivity index (χ3v) is 4.50. The molecular weight excluding hydrogens is 270 g/mol. The highest BCUT2D eigenvalue weighted by molar-refractivity contribution is 7.09. The van der Waals surface area contributed by atoms with Gasteiger partial charge in [0.2, 0.25) is 0 Å². The van der Waals surface area contributed by atoms with Crippen LogP contribution in [0.15, 0.2) is 29.6 Å². The van der Waals surface area contributed by atoms with Gasteiger partial charge in [-0.05, 0) is 30.4 Å². The Hall–Kier alpha value is -1.72. The molecular formula is C15H17N3OS. The number of carbonyl (C=O) groups is 1. The van der Waals surface area contributed by atoms with E-state index in [1.54, 1.807) is 5.38 Å². The van der Waals surface area contributed by atoms with E-state index in [2.05, 4.69) is 28.5 Å². The molecule has 1 aromatic heterocycles. The Morgan fingerprint density at radius 3 is 3.10 bits per heavy atom. The quantitative estimate of drug-likeness (QED) is 0.911. The van der Waals surface area contributed by atoms with E-state index in [1.807, 2.05) is 6.07 Å². The molecule has 4 nitrogen and oxygen atoms in total. The van der Waals surface area contributed by atoms with Crippen LogP contribution in [0.2, 0.25) is 0 Å². The van der Waals surface area contributed by atoms with Gasteiger partial charge < -0.3 is 11.1 Å². The number of nitrogens with two attached hydrogens (primary N) is 1. The first-order chi connectivity index (χ1) is 9.78. The summed E-state index contributed by atoms with van der Waals surface area (Å²) in [5, 5.41) is 5.65. The normalized spacial score (nSPS) is 17.6. The predicted octanol–water partition coefficient (Wildman–Crippen LogP) is 2.41. The van der Waals surface area contributed by atoms with Crippen LogP contribution in [0.4, 0.5) is 0 Å². The average Bonchev–Trinajstić information content (AvgIpc) is 2.97. The molecule has 1 amide bonds. The van der Waals surface area contributed by atoms with Crippen LogP contribution in [0.3, 0.4) is 0 Å². The van der Waals surface area contributed by atoms with Crippen LogP contribution in [0.1, 0.15) is 45.5 Å². The number of rotatable bonds is 3. The summed E-state index contributed by atoms with van der Waals surface area (Å²) in [5.74, 6) is -0.109. The summed E-state index contributed by atoms with van der Waals surface area (Å²) in [5.41, 5.74) is 8.57. The second kappa shape index (κ2) is 5.73. The van der Waals surface area contributed by atoms with Gasteiger partial charge in [0.25, 0.3) is 5.91 Å². The number of aryl methyl sites for hydroxylation is 1. The van der Waals surface area contributed by atoms with Crippen molar-refractivity contribution >= 4 is 17.2 Å². The second-order valence-electron chi connectivity index (χ2n) is 4.95. The van der Waals surface area contributed by atoms with Crippen molar-refractivity contribution in [3.63, 3.8) is 0 Å². The molecule has 0 spiro atoms. The van der Waals surface area contributed by atoms with E-state index in [0.29, 0.717) is 12.2 Å². The maximum absolute atomic E-state index is 12.2. The molecule has 2 aromatic rings. The van der Waals surface area contributed by atoms with Crippen molar-refractivity contribution in [1.29, 1.82) is 0 Å². The van der Waals surface area contributed by atoms with E-state index in [1.165, 1.54) is 22.5 Å². The lowest BCUT2D eigenvalue weighted by atomic mass is 9.88. The molecule has 0 fully saturated rings. The van der Waals surface area contributed by atoms with E-state index >= 15 is 0 Å². The highest BCUT2D eigenvalue weighted by Gasteiger charge is 2.22. The third-order valence-electron chi connectivity index (χ3n) is 3.63. The first-order valence-electron chi connectivity index (χ1n) is 6.81. The van der Waals surface area contributed by atoms with E-state index in [9.17, 15) is 4.79 Å². The first-order valence-corrected chi connectivity index (χ1v) is 7.69. The molecule has 1 aliphatic carbocycles. The van der Waals surface area contributed by atoms with Crippen LogP contribution in [-0.4, -0.2) is 10.9 Å². The van der Waals surface area contributed by atoms with Crippen molar-refractivity contribution in [3.8, 4) is 0 Å². The van der Waals surface area contributed by atoms with Crippen LogP contribution in [-0.2, 0) is 13.0 Å². The van der Waals surface area contributed by atoms with Crippen molar-refractivity contribution in [2.45, 2.75) is 31.8 Å². The maximum Gasteiger partial charge on any atom is 0.271 e. The molecule has 0 aliphatic heterocycles. The molecule has 1 atom stereocenters. The van der Waals surface area contributed by atoms with Crippen LogP contribution in [0.25, 0.3) is 0 Å². The summed E-state index contributed by atoms with van der Waals surface area (Å²) in [6, 6.07) is 8.42. The Morgan fingerprint density at radius 2 is 2.30 bits per heavy atom. The number of amides is 1. The number of fused-ring (bicyclic) bond motifs is 1. The largest absolute Gasteiger partial charge is 0.344 e. The van der Waals surface area contributed by atoms with Crippen LogP contribution >= 0.6 is 11.3 Å². The van der Waals surface area contributed by atoms with E-state index in [-0.39, 0.29) is 11.9 Å². The molecule has 0 radical (unpaired) electrons. The zero-order valence-corrected chi connectivity index (χ0v) is 12.0. The summed E-state index contributed by atoms with van der Waals surface area (Å²) in [7, 11) is 0. The van der Waals surface area contributed by atoms with Gasteiger partial charge in [-0.3, -0.25) is 4.79 Å². The molecule has 0 saturated heterocycles. The van der Waals surface area contributed by atoms with Gasteiger partial charge in [-0.1, -0.05) is 24.3 Å². The van der Waals surface area contributed by atoms with Gasteiger partial charge in [-0.2, -0.15) is 0 Å². The third kappa shape index (κ3) is 2.59. The summed E-state index contributed by atoms with van der Waals surface area (Å²) >= 11 is 1.43. The Kier molecular flexibility index (Phi) is 3.80. The standard InChI is InChI=1S/C15H17N3OS/c16-8-14-17-13(9-20-14)15(19)18-12-7-3-5-10-4-1-2-6-11(10)12/h1-2,4,6,9,12H,3,5,7-8,16H2,(H,18,19). The van der Waals surface area contributed by atoms with Crippen molar-refractivity contribution in [2.75, 3.05) is 0 Å². The van der Waals surface area contributed by atoms with Crippen LogP contribution in [0.5, 0.6) is 0 Å². The highest BCUT2D eigenvalue weighted by atomic mass is 32.1. The molecule has 1 aliphatic rings. The minimum Gasteiger partial charge on any atom is -0.344 e. The van der Waals surface area contributed by atoms with Crippen LogP contribution in [0, 0.1) is 0 Å². The number of thiazole rings is 1. The van der Waals surface area contributed by atoms with Gasteiger partial charge >= 0.3 is 0 Å². The minimum atomic E-state index is -0.109. The zero-order valence-electron chi connectivity index (χ0n) is 11.1. The molecule has 0 bridgehead atoms. The fourth-order valence-electron chi connectivity index (χ4n) is 2.64. The lowest BCUT2D eigenvalue weighted by Crippen LogP contribution is -2.31. The van der Waals surface area contributed by atoms with Gasteiger partial charge in [-0.15, -0.1) is 11.3 Å². The van der Waals surface area contributed by atoms with Crippen molar-refractivity contribution in [1.82, 2.24) is 10.3 Å². The summed E-state index contributed by atoms with van der Waals surface area (Å²) in [4.78, 5) is 16.5. The summed E-state index contributed by atoms with van der Waals surface area (Å²) in [6.07, 6.45) is 3.18. The molecule has 1 aromatic carbocycles. The van der Waals surface area contributed by atoms with Gasteiger partial charge in [0.1, 0.15) is 10.7 Å². The zero-order chi connectivity index (χ0) is 13.9. The van der Waals surface area contributed by atoms with E-state index in [4.69, 9.17) is 5.73 Å². The number of hydrogen-bond donors (Lipinski definition) is 2. The van der Waals surface area contributed by atoms with Crippen molar-refractivity contribution < 1.29 is 4.79 Å². The smallest absolute Gasteiger partial charge is 0.271 e. The first kappa shape index (κ1) is 13.3. The molecule has 3 N–H and O–H groups in total. The fraction of sp³-hybridized carbons (Fsp3) is 0.333. The Morgan fingerprint density at radius 1 is 1.45 bits per heavy atom. The number of carbonyl (C=O) groups excluding carboxylic acids is 1. The van der Waals surface area contributed by atoms with Gasteiger partial charge in [0.15, 0.2) is 0 Å². The SMILES string of the molecule is NCc1nc(C(=O)NC2CCCc3ccccc32)cs1. The van der Waals surface area contributed by atoms with Crippen LogP contribution < -0.4 is 11.1 Å². The van der Waals surface area contributed by atoms with Crippen molar-refractivity contribution in [2.24, 2.45) is 5.73 Å². The monoisotopic (exact) mass is 287 g/mol. The summed E-state index contributed by atoms with van der Waals surface area (Å²) < 4.78 is 0. The number of nitrogens with zero attached hydrogens (tertiary/aromatic N) is 1. The second-order valence-corrected chi connectivity index (χ2v) is 5.89. The van der Waals surface area contributed by atoms with Gasteiger partial charge in [0.05, 0.1) is 6.04 Å². The predicted molar refractivity (Wildman–Crippen MR) is 79.6 cm³/mol. The molecule has 5 heteroatoms. The maximum atomic E-state index is 12.2. The van der Waals surface area contributed by atoms with E-state index < -0.39 is 0 Å². The number of hydrogen-bond acceptors (Lipinski definition) is 4. The number of benzene rings is 1. The molecule has 1 unspecified atom stereocenters. The number of aromatic nitrogens is 1.